The van der Waals surface area contributed by atoms with E-state index in [0.29, 0.717) is 16.8 Å². The number of carbonyl (C=O) groups is 3. The molecule has 9 nitrogen and oxygen atoms in total. The van der Waals surface area contributed by atoms with Crippen LogP contribution in [-0.4, -0.2) is 33.7 Å². The number of aromatic amines is 1. The minimum atomic E-state index is -1.22. The van der Waals surface area contributed by atoms with Crippen molar-refractivity contribution in [2.45, 2.75) is 33.8 Å². The third-order valence-electron chi connectivity index (χ3n) is 4.07. The van der Waals surface area contributed by atoms with Crippen molar-refractivity contribution in [3.63, 3.8) is 0 Å². The number of ketones is 1. The Bertz CT molecular complexity index is 982. The SMILES string of the molecule is CC(=O)c1c(C)[nH]c(C(=O)O[C@@H](C)C(=O)Nc2cc([N+](=O)[O-])ccc2Cl)c1C. The topological polar surface area (TPSA) is 131 Å². The number of non-ortho nitro benzene ring substituents is 1. The summed E-state index contributed by atoms with van der Waals surface area (Å²) in [7, 11) is 0. The van der Waals surface area contributed by atoms with E-state index in [2.05, 4.69) is 10.3 Å². The zero-order chi connectivity index (χ0) is 21.2. The fourth-order valence-electron chi connectivity index (χ4n) is 2.71. The van der Waals surface area contributed by atoms with Gasteiger partial charge in [-0.1, -0.05) is 11.6 Å². The lowest BCUT2D eigenvalue weighted by Crippen LogP contribution is -2.30. The number of carbonyl (C=O) groups excluding carboxylic acids is 3. The first kappa shape index (κ1) is 21.1. The number of esters is 1. The van der Waals surface area contributed by atoms with Gasteiger partial charge in [-0.15, -0.1) is 0 Å². The number of anilines is 1. The largest absolute Gasteiger partial charge is 0.448 e. The summed E-state index contributed by atoms with van der Waals surface area (Å²) in [4.78, 5) is 49.4. The van der Waals surface area contributed by atoms with Crippen LogP contribution in [0.15, 0.2) is 18.2 Å². The Labute approximate surface area is 165 Å². The number of nitro benzene ring substituents is 1. The van der Waals surface area contributed by atoms with Gasteiger partial charge in [0, 0.05) is 23.4 Å². The summed E-state index contributed by atoms with van der Waals surface area (Å²) in [6.45, 7) is 5.98. The molecule has 1 aromatic carbocycles. The molecule has 10 heteroatoms. The molecule has 1 atom stereocenters. The van der Waals surface area contributed by atoms with Crippen LogP contribution in [0.5, 0.6) is 0 Å². The van der Waals surface area contributed by atoms with Gasteiger partial charge in [-0.3, -0.25) is 19.7 Å². The van der Waals surface area contributed by atoms with Crippen LogP contribution < -0.4 is 5.32 Å². The molecule has 0 radical (unpaired) electrons. The maximum atomic E-state index is 12.4. The molecule has 1 amide bonds. The highest BCUT2D eigenvalue weighted by Crippen LogP contribution is 2.27. The molecule has 0 bridgehead atoms. The predicted molar refractivity (Wildman–Crippen MR) is 102 cm³/mol. The summed E-state index contributed by atoms with van der Waals surface area (Å²) in [6.07, 6.45) is -1.22. The molecule has 0 aliphatic heterocycles. The van der Waals surface area contributed by atoms with E-state index in [1.54, 1.807) is 13.8 Å². The van der Waals surface area contributed by atoms with Gasteiger partial charge < -0.3 is 15.0 Å². The number of Topliss-reactive ketones (excluding diaryl/α,β-unsaturated/α-hetero) is 1. The number of H-pyrrole nitrogens is 1. The third-order valence-corrected chi connectivity index (χ3v) is 4.39. The summed E-state index contributed by atoms with van der Waals surface area (Å²) in [5.74, 6) is -1.72. The number of hydrogen-bond acceptors (Lipinski definition) is 6. The fourth-order valence-corrected chi connectivity index (χ4v) is 2.88. The van der Waals surface area contributed by atoms with Crippen molar-refractivity contribution in [3.8, 4) is 0 Å². The smallest absolute Gasteiger partial charge is 0.355 e. The molecule has 2 aromatic rings. The van der Waals surface area contributed by atoms with Crippen molar-refractivity contribution < 1.29 is 24.0 Å². The van der Waals surface area contributed by atoms with Gasteiger partial charge in [-0.25, -0.2) is 4.79 Å². The van der Waals surface area contributed by atoms with Crippen LogP contribution in [0.4, 0.5) is 11.4 Å². The predicted octanol–water partition coefficient (Wildman–Crippen LogP) is 3.58. The van der Waals surface area contributed by atoms with Crippen LogP contribution in [-0.2, 0) is 9.53 Å². The average Bonchev–Trinajstić information content (AvgIpc) is 2.90. The number of halogens is 1. The zero-order valence-electron chi connectivity index (χ0n) is 15.6. The number of amides is 1. The highest BCUT2D eigenvalue weighted by atomic mass is 35.5. The van der Waals surface area contributed by atoms with Gasteiger partial charge in [0.1, 0.15) is 5.69 Å². The second-order valence-electron chi connectivity index (χ2n) is 6.14. The molecular formula is C18H18ClN3O6. The standard InChI is InChI=1S/C18H18ClN3O6/c1-8-15(10(3)23)9(2)20-16(8)18(25)28-11(4)17(24)21-14-7-12(22(26)27)5-6-13(14)19/h5-7,11,20H,1-4H3,(H,21,24)/t11-/m0/s1. The summed E-state index contributed by atoms with van der Waals surface area (Å²) in [6, 6.07) is 3.58. The summed E-state index contributed by atoms with van der Waals surface area (Å²) >= 11 is 5.94. The maximum absolute atomic E-state index is 12.4. The maximum Gasteiger partial charge on any atom is 0.355 e. The zero-order valence-corrected chi connectivity index (χ0v) is 16.3. The number of ether oxygens (including phenoxy) is 1. The Morgan fingerprint density at radius 3 is 2.46 bits per heavy atom. The molecule has 0 fully saturated rings. The number of nitro groups is 1. The molecule has 0 aliphatic rings. The van der Waals surface area contributed by atoms with Crippen LogP contribution in [0.2, 0.25) is 5.02 Å². The summed E-state index contributed by atoms with van der Waals surface area (Å²) < 4.78 is 5.15. The van der Waals surface area contributed by atoms with Crippen molar-refractivity contribution in [2.24, 2.45) is 0 Å². The second kappa shape index (κ2) is 8.22. The second-order valence-corrected chi connectivity index (χ2v) is 6.55. The van der Waals surface area contributed by atoms with Crippen molar-refractivity contribution >= 4 is 40.6 Å². The number of benzene rings is 1. The first-order valence-corrected chi connectivity index (χ1v) is 8.56. The van der Waals surface area contributed by atoms with E-state index in [-0.39, 0.29) is 27.9 Å². The molecule has 1 aromatic heterocycles. The Balaban J connectivity index is 2.14. The van der Waals surface area contributed by atoms with Crippen LogP contribution >= 0.6 is 11.6 Å². The number of rotatable bonds is 6. The van der Waals surface area contributed by atoms with Gasteiger partial charge in [0.2, 0.25) is 0 Å². The van der Waals surface area contributed by atoms with E-state index in [9.17, 15) is 24.5 Å². The first-order valence-electron chi connectivity index (χ1n) is 8.18. The highest BCUT2D eigenvalue weighted by molar-refractivity contribution is 6.33. The Kier molecular flexibility index (Phi) is 6.19. The molecule has 1 heterocycles. The van der Waals surface area contributed by atoms with Crippen molar-refractivity contribution in [1.82, 2.24) is 4.98 Å². The fraction of sp³-hybridized carbons (Fsp3) is 0.278. The molecule has 0 saturated heterocycles. The molecule has 0 spiro atoms. The van der Waals surface area contributed by atoms with E-state index < -0.39 is 22.9 Å². The number of hydrogen-bond donors (Lipinski definition) is 2. The Hall–Kier alpha value is -3.20. The van der Waals surface area contributed by atoms with Gasteiger partial charge in [0.05, 0.1) is 15.6 Å². The molecular weight excluding hydrogens is 390 g/mol. The lowest BCUT2D eigenvalue weighted by Gasteiger charge is -2.14. The Morgan fingerprint density at radius 2 is 1.93 bits per heavy atom. The molecule has 148 valence electrons. The van der Waals surface area contributed by atoms with E-state index in [4.69, 9.17) is 16.3 Å². The van der Waals surface area contributed by atoms with Crippen LogP contribution in [0.1, 0.15) is 46.0 Å². The number of aromatic nitrogens is 1. The number of aryl methyl sites for hydroxylation is 1. The minimum Gasteiger partial charge on any atom is -0.448 e. The molecule has 2 rings (SSSR count). The van der Waals surface area contributed by atoms with Gasteiger partial charge in [-0.2, -0.15) is 0 Å². The van der Waals surface area contributed by atoms with Crippen molar-refractivity contribution in [2.75, 3.05) is 5.32 Å². The minimum absolute atomic E-state index is 0.0227. The van der Waals surface area contributed by atoms with Gasteiger partial charge in [0.15, 0.2) is 11.9 Å². The lowest BCUT2D eigenvalue weighted by molar-refractivity contribution is -0.384. The van der Waals surface area contributed by atoms with E-state index in [1.165, 1.54) is 26.0 Å². The quantitative estimate of drug-likeness (QED) is 0.325. The van der Waals surface area contributed by atoms with Crippen LogP contribution in [0.25, 0.3) is 0 Å². The molecule has 0 aliphatic carbocycles. The third kappa shape index (κ3) is 4.37. The highest BCUT2D eigenvalue weighted by Gasteiger charge is 2.25. The van der Waals surface area contributed by atoms with E-state index in [1.807, 2.05) is 0 Å². The van der Waals surface area contributed by atoms with Crippen molar-refractivity contribution in [1.29, 1.82) is 0 Å². The monoisotopic (exact) mass is 407 g/mol. The van der Waals surface area contributed by atoms with Crippen LogP contribution in [0.3, 0.4) is 0 Å². The summed E-state index contributed by atoms with van der Waals surface area (Å²) in [5, 5.41) is 13.3. The number of nitrogens with one attached hydrogen (secondary N) is 2. The molecule has 28 heavy (non-hydrogen) atoms. The molecule has 0 unspecified atom stereocenters. The molecule has 0 saturated carbocycles. The van der Waals surface area contributed by atoms with E-state index >= 15 is 0 Å². The van der Waals surface area contributed by atoms with Gasteiger partial charge in [0.25, 0.3) is 11.6 Å². The van der Waals surface area contributed by atoms with Crippen LogP contribution in [0, 0.1) is 24.0 Å². The summed E-state index contributed by atoms with van der Waals surface area (Å²) in [5.41, 5.74) is 1.21. The normalized spacial score (nSPS) is 11.6. The van der Waals surface area contributed by atoms with E-state index in [0.717, 1.165) is 6.07 Å². The lowest BCUT2D eigenvalue weighted by atomic mass is 10.1. The average molecular weight is 408 g/mol. The van der Waals surface area contributed by atoms with Gasteiger partial charge in [-0.05, 0) is 39.3 Å². The van der Waals surface area contributed by atoms with Gasteiger partial charge >= 0.3 is 5.97 Å². The molecule has 2 N–H and O–H groups in total. The van der Waals surface area contributed by atoms with Crippen molar-refractivity contribution in [3.05, 3.63) is 55.9 Å². The number of nitrogens with zero attached hydrogens (tertiary/aromatic N) is 1. The Morgan fingerprint density at radius 1 is 1.29 bits per heavy atom. The first-order chi connectivity index (χ1) is 13.0.